The minimum absolute atomic E-state index is 0.0201. The van der Waals surface area contributed by atoms with Crippen molar-refractivity contribution in [2.24, 2.45) is 5.84 Å². The van der Waals surface area contributed by atoms with Gasteiger partial charge in [-0.15, -0.1) is 0 Å². The van der Waals surface area contributed by atoms with Crippen molar-refractivity contribution in [1.29, 1.82) is 0 Å². The SMILES string of the molecule is COc1ccc(Cl)cc1C(Cc1ccsc1)NN. The number of benzene rings is 1. The van der Waals surface area contributed by atoms with Crippen LogP contribution in [-0.4, -0.2) is 7.11 Å². The van der Waals surface area contributed by atoms with Crippen molar-refractivity contribution >= 4 is 22.9 Å². The summed E-state index contributed by atoms with van der Waals surface area (Å²) in [7, 11) is 1.64. The standard InChI is InChI=1S/C13H15ClN2OS/c1-17-13-3-2-10(14)7-11(13)12(16-15)6-9-4-5-18-8-9/h2-5,7-8,12,16H,6,15H2,1H3. The average Bonchev–Trinajstić information content (AvgIpc) is 2.88. The van der Waals surface area contributed by atoms with Gasteiger partial charge in [0.2, 0.25) is 0 Å². The predicted octanol–water partition coefficient (Wildman–Crippen LogP) is 3.16. The zero-order valence-corrected chi connectivity index (χ0v) is 11.6. The predicted molar refractivity (Wildman–Crippen MR) is 76.1 cm³/mol. The molecule has 0 saturated carbocycles. The first-order valence-electron chi connectivity index (χ1n) is 5.55. The summed E-state index contributed by atoms with van der Waals surface area (Å²) < 4.78 is 5.35. The van der Waals surface area contributed by atoms with Crippen molar-refractivity contribution < 1.29 is 4.74 Å². The molecule has 0 aliphatic rings. The number of thiophene rings is 1. The molecule has 0 radical (unpaired) electrons. The molecule has 0 bridgehead atoms. The summed E-state index contributed by atoms with van der Waals surface area (Å²) in [6, 6.07) is 7.62. The van der Waals surface area contributed by atoms with Gasteiger partial charge in [0.25, 0.3) is 0 Å². The number of nitrogens with two attached hydrogens (primary N) is 1. The summed E-state index contributed by atoms with van der Waals surface area (Å²) in [6.07, 6.45) is 0.802. The normalized spacial score (nSPS) is 12.4. The zero-order chi connectivity index (χ0) is 13.0. The number of ether oxygens (including phenoxy) is 1. The molecule has 0 saturated heterocycles. The zero-order valence-electron chi connectivity index (χ0n) is 10.0. The van der Waals surface area contributed by atoms with E-state index in [2.05, 4.69) is 22.3 Å². The molecular weight excluding hydrogens is 268 g/mol. The summed E-state index contributed by atoms with van der Waals surface area (Å²) in [4.78, 5) is 0. The van der Waals surface area contributed by atoms with E-state index in [4.69, 9.17) is 22.2 Å². The highest BCUT2D eigenvalue weighted by Gasteiger charge is 2.16. The van der Waals surface area contributed by atoms with Crippen molar-refractivity contribution in [3.8, 4) is 5.75 Å². The third-order valence-corrected chi connectivity index (χ3v) is 3.76. The van der Waals surface area contributed by atoms with Crippen LogP contribution in [0.3, 0.4) is 0 Å². The lowest BCUT2D eigenvalue weighted by Gasteiger charge is -2.19. The molecule has 0 fully saturated rings. The fraction of sp³-hybridized carbons (Fsp3) is 0.231. The lowest BCUT2D eigenvalue weighted by Crippen LogP contribution is -2.29. The molecule has 0 aliphatic carbocycles. The highest BCUT2D eigenvalue weighted by Crippen LogP contribution is 2.30. The van der Waals surface area contributed by atoms with Crippen LogP contribution in [0.25, 0.3) is 0 Å². The Bertz CT molecular complexity index is 502. The molecule has 2 rings (SSSR count). The molecule has 3 N–H and O–H groups in total. The van der Waals surface area contributed by atoms with E-state index in [-0.39, 0.29) is 6.04 Å². The maximum absolute atomic E-state index is 6.03. The summed E-state index contributed by atoms with van der Waals surface area (Å²) in [5.74, 6) is 6.44. The van der Waals surface area contributed by atoms with Crippen LogP contribution in [0.15, 0.2) is 35.0 Å². The summed E-state index contributed by atoms with van der Waals surface area (Å²) in [6.45, 7) is 0. The third-order valence-electron chi connectivity index (χ3n) is 2.79. The molecule has 0 aliphatic heterocycles. The minimum Gasteiger partial charge on any atom is -0.496 e. The van der Waals surface area contributed by atoms with Gasteiger partial charge in [-0.05, 0) is 47.0 Å². The quantitative estimate of drug-likeness (QED) is 0.654. The molecule has 1 heterocycles. The lowest BCUT2D eigenvalue weighted by molar-refractivity contribution is 0.399. The minimum atomic E-state index is -0.0201. The Kier molecular flexibility index (Phi) is 4.60. The Balaban J connectivity index is 2.28. The molecule has 18 heavy (non-hydrogen) atoms. The summed E-state index contributed by atoms with van der Waals surface area (Å²) in [5, 5.41) is 4.84. The second kappa shape index (κ2) is 6.20. The van der Waals surface area contributed by atoms with Crippen LogP contribution in [0.5, 0.6) is 5.75 Å². The smallest absolute Gasteiger partial charge is 0.123 e. The van der Waals surface area contributed by atoms with Gasteiger partial charge in [-0.1, -0.05) is 11.6 Å². The van der Waals surface area contributed by atoms with E-state index in [0.717, 1.165) is 17.7 Å². The van der Waals surface area contributed by atoms with Gasteiger partial charge in [0.05, 0.1) is 13.2 Å². The molecule has 2 aromatic rings. The highest BCUT2D eigenvalue weighted by molar-refractivity contribution is 7.07. The van der Waals surface area contributed by atoms with Gasteiger partial charge in [0, 0.05) is 10.6 Å². The fourth-order valence-electron chi connectivity index (χ4n) is 1.88. The molecular formula is C13H15ClN2OS. The van der Waals surface area contributed by atoms with E-state index in [1.807, 2.05) is 18.2 Å². The van der Waals surface area contributed by atoms with Crippen molar-refractivity contribution in [2.75, 3.05) is 7.11 Å². The van der Waals surface area contributed by atoms with E-state index < -0.39 is 0 Å². The van der Waals surface area contributed by atoms with Gasteiger partial charge in [0.15, 0.2) is 0 Å². The van der Waals surface area contributed by atoms with Crippen LogP contribution in [0, 0.1) is 0 Å². The van der Waals surface area contributed by atoms with Crippen LogP contribution in [0.1, 0.15) is 17.2 Å². The largest absolute Gasteiger partial charge is 0.496 e. The van der Waals surface area contributed by atoms with Crippen molar-refractivity contribution in [3.63, 3.8) is 0 Å². The van der Waals surface area contributed by atoms with Crippen LogP contribution >= 0.6 is 22.9 Å². The fourth-order valence-corrected chi connectivity index (χ4v) is 2.74. The van der Waals surface area contributed by atoms with Crippen molar-refractivity contribution in [2.45, 2.75) is 12.5 Å². The van der Waals surface area contributed by atoms with Crippen LogP contribution in [0.4, 0.5) is 0 Å². The maximum Gasteiger partial charge on any atom is 0.123 e. The van der Waals surface area contributed by atoms with Gasteiger partial charge in [0.1, 0.15) is 5.75 Å². The third kappa shape index (κ3) is 3.03. The number of hydrazine groups is 1. The summed E-state index contributed by atoms with van der Waals surface area (Å²) in [5.41, 5.74) is 5.04. The van der Waals surface area contributed by atoms with Gasteiger partial charge in [-0.3, -0.25) is 11.3 Å². The van der Waals surface area contributed by atoms with Crippen molar-refractivity contribution in [1.82, 2.24) is 5.43 Å². The van der Waals surface area contributed by atoms with Crippen LogP contribution in [-0.2, 0) is 6.42 Å². The second-order valence-corrected chi connectivity index (χ2v) is 5.16. The topological polar surface area (TPSA) is 47.3 Å². The van der Waals surface area contributed by atoms with Gasteiger partial charge < -0.3 is 4.74 Å². The Morgan fingerprint density at radius 1 is 1.44 bits per heavy atom. The molecule has 1 aromatic carbocycles. The number of hydrogen-bond donors (Lipinski definition) is 2. The van der Waals surface area contributed by atoms with Gasteiger partial charge in [-0.2, -0.15) is 11.3 Å². The van der Waals surface area contributed by atoms with Crippen LogP contribution < -0.4 is 16.0 Å². The molecule has 1 unspecified atom stereocenters. The Morgan fingerprint density at radius 3 is 2.89 bits per heavy atom. The first-order valence-corrected chi connectivity index (χ1v) is 6.87. The highest BCUT2D eigenvalue weighted by atomic mass is 35.5. The second-order valence-electron chi connectivity index (χ2n) is 3.94. The molecule has 3 nitrogen and oxygen atoms in total. The van der Waals surface area contributed by atoms with Gasteiger partial charge in [-0.25, -0.2) is 0 Å². The Hall–Kier alpha value is -1.07. The Morgan fingerprint density at radius 2 is 2.28 bits per heavy atom. The van der Waals surface area contributed by atoms with E-state index in [1.54, 1.807) is 18.4 Å². The molecule has 1 atom stereocenters. The molecule has 0 amide bonds. The average molecular weight is 283 g/mol. The number of methoxy groups -OCH3 is 1. The molecule has 96 valence electrons. The number of halogens is 1. The molecule has 0 spiro atoms. The maximum atomic E-state index is 6.03. The number of hydrogen-bond acceptors (Lipinski definition) is 4. The van der Waals surface area contributed by atoms with E-state index in [1.165, 1.54) is 5.56 Å². The van der Waals surface area contributed by atoms with E-state index in [9.17, 15) is 0 Å². The van der Waals surface area contributed by atoms with Crippen LogP contribution in [0.2, 0.25) is 5.02 Å². The summed E-state index contributed by atoms with van der Waals surface area (Å²) >= 11 is 7.71. The first kappa shape index (κ1) is 13.4. The van der Waals surface area contributed by atoms with Gasteiger partial charge >= 0.3 is 0 Å². The number of rotatable bonds is 5. The molecule has 5 heteroatoms. The van der Waals surface area contributed by atoms with E-state index in [0.29, 0.717) is 5.02 Å². The first-order chi connectivity index (χ1) is 8.74. The number of nitrogens with one attached hydrogen (secondary N) is 1. The lowest BCUT2D eigenvalue weighted by atomic mass is 10.0. The van der Waals surface area contributed by atoms with Crippen molar-refractivity contribution in [3.05, 3.63) is 51.2 Å². The monoisotopic (exact) mass is 282 g/mol. The Labute approximate surface area is 116 Å². The molecule has 1 aromatic heterocycles. The van der Waals surface area contributed by atoms with E-state index >= 15 is 0 Å².